The first-order valence-electron chi connectivity index (χ1n) is 9.22. The fourth-order valence-corrected chi connectivity index (χ4v) is 3.54. The maximum Gasteiger partial charge on any atom is 0.169 e. The number of hydrogen-bond acceptors (Lipinski definition) is 5. The van der Waals surface area contributed by atoms with Crippen molar-refractivity contribution in [2.75, 3.05) is 7.11 Å². The van der Waals surface area contributed by atoms with Crippen molar-refractivity contribution >= 4 is 5.65 Å². The molecule has 0 aliphatic heterocycles. The molecule has 154 valence electrons. The number of halogens is 3. The first-order chi connectivity index (χ1) is 14.4. The fourth-order valence-electron chi connectivity index (χ4n) is 3.54. The summed E-state index contributed by atoms with van der Waals surface area (Å²) in [6.45, 7) is 3.59. The van der Waals surface area contributed by atoms with Gasteiger partial charge in [-0.15, -0.1) is 10.2 Å². The van der Waals surface area contributed by atoms with Crippen LogP contribution in [0, 0.1) is 31.3 Å². The molecule has 0 saturated carbocycles. The van der Waals surface area contributed by atoms with Crippen LogP contribution >= 0.6 is 0 Å². The van der Waals surface area contributed by atoms with Gasteiger partial charge in [-0.2, -0.15) is 0 Å². The summed E-state index contributed by atoms with van der Waals surface area (Å²) < 4.78 is 49.4. The van der Waals surface area contributed by atoms with Gasteiger partial charge in [0, 0.05) is 40.7 Å². The summed E-state index contributed by atoms with van der Waals surface area (Å²) in [5.74, 6) is -1.28. The zero-order valence-electron chi connectivity index (χ0n) is 16.6. The molecule has 9 heteroatoms. The zero-order chi connectivity index (χ0) is 21.4. The predicted molar refractivity (Wildman–Crippen MR) is 104 cm³/mol. The van der Waals surface area contributed by atoms with Gasteiger partial charge in [0.05, 0.1) is 12.8 Å². The van der Waals surface area contributed by atoms with Crippen LogP contribution in [0.5, 0.6) is 5.75 Å². The minimum absolute atomic E-state index is 0.0805. The van der Waals surface area contributed by atoms with Gasteiger partial charge in [-0.1, -0.05) is 0 Å². The van der Waals surface area contributed by atoms with Crippen LogP contribution in [0.1, 0.15) is 22.8 Å². The van der Waals surface area contributed by atoms with Gasteiger partial charge in [0.2, 0.25) is 0 Å². The Hall–Kier alpha value is -3.49. The summed E-state index contributed by atoms with van der Waals surface area (Å²) in [6.07, 6.45) is 3.26. The highest BCUT2D eigenvalue weighted by molar-refractivity contribution is 5.78. The minimum Gasteiger partial charge on any atom is -0.496 e. The number of hydrogen-bond donors (Lipinski definition) is 0. The second-order valence-electron chi connectivity index (χ2n) is 6.86. The second-order valence-corrected chi connectivity index (χ2v) is 6.86. The molecule has 3 aromatic heterocycles. The average Bonchev–Trinajstić information content (AvgIpc) is 3.17. The van der Waals surface area contributed by atoms with Crippen LogP contribution in [0.4, 0.5) is 13.2 Å². The molecule has 0 aliphatic carbocycles. The average molecular weight is 413 g/mol. The van der Waals surface area contributed by atoms with Crippen LogP contribution in [0.2, 0.25) is 0 Å². The monoisotopic (exact) mass is 413 g/mol. The Kier molecular flexibility index (Phi) is 5.11. The van der Waals surface area contributed by atoms with Crippen molar-refractivity contribution in [1.82, 2.24) is 24.6 Å². The predicted octanol–water partition coefficient (Wildman–Crippen LogP) is 4.01. The number of aryl methyl sites for hydroxylation is 3. The Bertz CT molecular complexity index is 1260. The van der Waals surface area contributed by atoms with Gasteiger partial charge in [-0.3, -0.25) is 4.40 Å². The van der Waals surface area contributed by atoms with Crippen molar-refractivity contribution in [1.29, 1.82) is 0 Å². The summed E-state index contributed by atoms with van der Waals surface area (Å²) in [5, 5.41) is 8.03. The van der Waals surface area contributed by atoms with Crippen LogP contribution in [-0.4, -0.2) is 31.7 Å². The standard InChI is InChI=1S/C21H18F3N5O/c1-11-16(9-25-12(2)27-11)15-8-18(24)19(29-10-26-28-21(15)29)5-4-14-17(23)6-13(22)7-20(14)30-3/h6-10H,4-5H2,1-3H3. The molecule has 1 aromatic carbocycles. The van der Waals surface area contributed by atoms with Crippen molar-refractivity contribution in [3.8, 4) is 16.9 Å². The van der Waals surface area contributed by atoms with Gasteiger partial charge >= 0.3 is 0 Å². The first-order valence-corrected chi connectivity index (χ1v) is 9.22. The van der Waals surface area contributed by atoms with E-state index in [-0.39, 0.29) is 29.8 Å². The van der Waals surface area contributed by atoms with Crippen LogP contribution < -0.4 is 4.74 Å². The van der Waals surface area contributed by atoms with Gasteiger partial charge in [-0.05, 0) is 32.8 Å². The number of methoxy groups -OCH3 is 1. The summed E-state index contributed by atoms with van der Waals surface area (Å²) in [4.78, 5) is 8.52. The van der Waals surface area contributed by atoms with E-state index in [0.29, 0.717) is 28.3 Å². The molecular weight excluding hydrogens is 395 g/mol. The molecule has 0 bridgehead atoms. The van der Waals surface area contributed by atoms with Gasteiger partial charge in [0.25, 0.3) is 0 Å². The number of rotatable bonds is 5. The van der Waals surface area contributed by atoms with E-state index in [2.05, 4.69) is 20.2 Å². The summed E-state index contributed by atoms with van der Waals surface area (Å²) in [7, 11) is 1.33. The van der Waals surface area contributed by atoms with Crippen molar-refractivity contribution in [3.63, 3.8) is 0 Å². The highest BCUT2D eigenvalue weighted by atomic mass is 19.1. The second kappa shape index (κ2) is 7.74. The summed E-state index contributed by atoms with van der Waals surface area (Å²) in [6, 6.07) is 3.25. The Balaban J connectivity index is 1.76. The molecule has 0 N–H and O–H groups in total. The van der Waals surface area contributed by atoms with E-state index in [4.69, 9.17) is 4.74 Å². The first kappa shape index (κ1) is 19.8. The molecule has 6 nitrogen and oxygen atoms in total. The maximum absolute atomic E-state index is 15.1. The van der Waals surface area contributed by atoms with E-state index < -0.39 is 17.5 Å². The molecule has 0 unspecified atom stereocenters. The number of nitrogens with zero attached hydrogens (tertiary/aromatic N) is 5. The lowest BCUT2D eigenvalue weighted by atomic mass is 10.0. The molecule has 30 heavy (non-hydrogen) atoms. The molecular formula is C21H18F3N5O. The molecule has 0 saturated heterocycles. The molecule has 0 spiro atoms. The normalized spacial score (nSPS) is 11.3. The number of ether oxygens (including phenoxy) is 1. The molecule has 3 heterocycles. The third-order valence-corrected chi connectivity index (χ3v) is 4.97. The molecule has 0 atom stereocenters. The Morgan fingerprint density at radius 3 is 2.53 bits per heavy atom. The van der Waals surface area contributed by atoms with Crippen molar-refractivity contribution in [3.05, 3.63) is 71.0 Å². The lowest BCUT2D eigenvalue weighted by Gasteiger charge is -2.13. The molecule has 0 aliphatic rings. The van der Waals surface area contributed by atoms with Crippen LogP contribution in [-0.2, 0) is 12.8 Å². The van der Waals surface area contributed by atoms with Crippen LogP contribution in [0.3, 0.4) is 0 Å². The quantitative estimate of drug-likeness (QED) is 0.495. The fraction of sp³-hybridized carbons (Fsp3) is 0.238. The molecule has 0 radical (unpaired) electrons. The van der Waals surface area contributed by atoms with E-state index in [1.165, 1.54) is 23.9 Å². The van der Waals surface area contributed by atoms with E-state index in [1.807, 2.05) is 6.92 Å². The topological polar surface area (TPSA) is 65.2 Å². The number of pyridine rings is 1. The zero-order valence-corrected chi connectivity index (χ0v) is 16.6. The van der Waals surface area contributed by atoms with Crippen LogP contribution in [0.15, 0.2) is 30.7 Å². The summed E-state index contributed by atoms with van der Waals surface area (Å²) in [5.41, 5.74) is 2.74. The molecule has 4 aromatic rings. The Morgan fingerprint density at radius 2 is 1.80 bits per heavy atom. The SMILES string of the molecule is COc1cc(F)cc(F)c1CCc1c(F)cc(-c2cnc(C)nc2C)c2nncn12. The number of aromatic nitrogens is 5. The third-order valence-electron chi connectivity index (χ3n) is 4.97. The molecule has 0 amide bonds. The van der Waals surface area contributed by atoms with Gasteiger partial charge in [0.15, 0.2) is 5.65 Å². The Morgan fingerprint density at radius 1 is 1.00 bits per heavy atom. The minimum atomic E-state index is -0.740. The van der Waals surface area contributed by atoms with E-state index in [0.717, 1.165) is 12.1 Å². The lowest BCUT2D eigenvalue weighted by Crippen LogP contribution is -2.07. The Labute approximate surface area is 170 Å². The molecule has 4 rings (SSSR count). The van der Waals surface area contributed by atoms with Gasteiger partial charge < -0.3 is 4.74 Å². The van der Waals surface area contributed by atoms with Gasteiger partial charge in [-0.25, -0.2) is 23.1 Å². The van der Waals surface area contributed by atoms with Gasteiger partial charge in [0.1, 0.15) is 35.4 Å². The number of benzene rings is 1. The van der Waals surface area contributed by atoms with Crippen LogP contribution in [0.25, 0.3) is 16.8 Å². The van der Waals surface area contributed by atoms with E-state index in [1.54, 1.807) is 13.1 Å². The number of fused-ring (bicyclic) bond motifs is 1. The van der Waals surface area contributed by atoms with E-state index >= 15 is 4.39 Å². The largest absolute Gasteiger partial charge is 0.496 e. The van der Waals surface area contributed by atoms with E-state index in [9.17, 15) is 8.78 Å². The maximum atomic E-state index is 15.1. The molecule has 0 fully saturated rings. The van der Waals surface area contributed by atoms with Crippen molar-refractivity contribution in [2.24, 2.45) is 0 Å². The highest BCUT2D eigenvalue weighted by Gasteiger charge is 2.19. The van der Waals surface area contributed by atoms with Crippen molar-refractivity contribution < 1.29 is 17.9 Å². The third kappa shape index (κ3) is 3.47. The smallest absolute Gasteiger partial charge is 0.169 e. The highest BCUT2D eigenvalue weighted by Crippen LogP contribution is 2.30. The lowest BCUT2D eigenvalue weighted by molar-refractivity contribution is 0.399. The van der Waals surface area contributed by atoms with Crippen molar-refractivity contribution in [2.45, 2.75) is 26.7 Å². The summed E-state index contributed by atoms with van der Waals surface area (Å²) >= 11 is 0.